The highest BCUT2D eigenvalue weighted by Gasteiger charge is 2.23. The Labute approximate surface area is 164 Å². The largest absolute Gasteiger partial charge is 0.496 e. The lowest BCUT2D eigenvalue weighted by Crippen LogP contribution is -2.19. The second-order valence-corrected chi connectivity index (χ2v) is 7.10. The third-order valence-electron chi connectivity index (χ3n) is 4.19. The second kappa shape index (κ2) is 8.73. The summed E-state index contributed by atoms with van der Waals surface area (Å²) in [5, 5.41) is 3.42. The highest BCUT2D eigenvalue weighted by Crippen LogP contribution is 2.29. The maximum atomic E-state index is 12.3. The molecule has 0 unspecified atom stereocenters. The van der Waals surface area contributed by atoms with E-state index in [9.17, 15) is 4.79 Å². The standard InChI is InChI=1S/C22H22N2O2S/c1-4-6-17-13-16(9-12-19(17)26-3)14-20-21(25)24-22(27-20)23-18-10-7-15(5-2)8-11-18/h4,7-14H,1,5-6H2,2-3H3,(H,23,24,25)/b20-14-. The Morgan fingerprint density at radius 2 is 2.00 bits per heavy atom. The van der Waals surface area contributed by atoms with Crippen molar-refractivity contribution in [1.82, 2.24) is 5.32 Å². The van der Waals surface area contributed by atoms with Gasteiger partial charge in [0.25, 0.3) is 5.91 Å². The van der Waals surface area contributed by atoms with Gasteiger partial charge in [0.15, 0.2) is 5.17 Å². The van der Waals surface area contributed by atoms with Gasteiger partial charge in [-0.15, -0.1) is 6.58 Å². The molecule has 0 spiro atoms. The number of nitrogens with one attached hydrogen (secondary N) is 1. The first kappa shape index (κ1) is 19.0. The smallest absolute Gasteiger partial charge is 0.264 e. The summed E-state index contributed by atoms with van der Waals surface area (Å²) in [4.78, 5) is 17.4. The minimum atomic E-state index is -0.134. The van der Waals surface area contributed by atoms with Crippen LogP contribution in [-0.4, -0.2) is 18.2 Å². The van der Waals surface area contributed by atoms with Crippen molar-refractivity contribution in [2.24, 2.45) is 4.99 Å². The number of methoxy groups -OCH3 is 1. The van der Waals surface area contributed by atoms with Gasteiger partial charge in [-0.3, -0.25) is 4.79 Å². The molecule has 138 valence electrons. The Balaban J connectivity index is 1.81. The minimum absolute atomic E-state index is 0.134. The van der Waals surface area contributed by atoms with Crippen LogP contribution in [0.5, 0.6) is 5.75 Å². The molecule has 27 heavy (non-hydrogen) atoms. The van der Waals surface area contributed by atoms with Gasteiger partial charge in [0, 0.05) is 0 Å². The van der Waals surface area contributed by atoms with Crippen LogP contribution in [0, 0.1) is 0 Å². The zero-order chi connectivity index (χ0) is 19.2. The lowest BCUT2D eigenvalue weighted by molar-refractivity contribution is -0.115. The highest BCUT2D eigenvalue weighted by atomic mass is 32.2. The van der Waals surface area contributed by atoms with E-state index in [0.29, 0.717) is 16.5 Å². The molecule has 1 amide bonds. The molecular weight excluding hydrogens is 356 g/mol. The van der Waals surface area contributed by atoms with Crippen molar-refractivity contribution in [2.75, 3.05) is 7.11 Å². The lowest BCUT2D eigenvalue weighted by atomic mass is 10.1. The number of thioether (sulfide) groups is 1. The Hall–Kier alpha value is -2.79. The molecule has 0 aliphatic carbocycles. The fourth-order valence-corrected chi connectivity index (χ4v) is 3.60. The second-order valence-electron chi connectivity index (χ2n) is 6.07. The first-order valence-electron chi connectivity index (χ1n) is 8.79. The summed E-state index contributed by atoms with van der Waals surface area (Å²) in [6.45, 7) is 5.90. The summed E-state index contributed by atoms with van der Waals surface area (Å²) < 4.78 is 5.37. The molecule has 3 rings (SSSR count). The van der Waals surface area contributed by atoms with Gasteiger partial charge in [-0.1, -0.05) is 31.2 Å². The molecule has 1 N–H and O–H groups in total. The zero-order valence-corrected chi connectivity index (χ0v) is 16.3. The van der Waals surface area contributed by atoms with Gasteiger partial charge >= 0.3 is 0 Å². The first-order chi connectivity index (χ1) is 13.1. The number of allylic oxidation sites excluding steroid dienone is 1. The number of aliphatic imine (C=N–C) groups is 1. The number of amides is 1. The molecule has 5 heteroatoms. The Kier molecular flexibility index (Phi) is 6.14. The number of hydrogen-bond donors (Lipinski definition) is 1. The number of ether oxygens (including phenoxy) is 1. The van der Waals surface area contributed by atoms with Crippen molar-refractivity contribution in [2.45, 2.75) is 19.8 Å². The van der Waals surface area contributed by atoms with Crippen LogP contribution in [0.15, 0.2) is 65.0 Å². The number of nitrogens with zero attached hydrogens (tertiary/aromatic N) is 1. The van der Waals surface area contributed by atoms with Crippen LogP contribution in [0.1, 0.15) is 23.6 Å². The van der Waals surface area contributed by atoms with E-state index in [1.807, 2.05) is 42.5 Å². The van der Waals surface area contributed by atoms with Crippen LogP contribution < -0.4 is 10.1 Å². The summed E-state index contributed by atoms with van der Waals surface area (Å²) in [5.41, 5.74) is 4.07. The van der Waals surface area contributed by atoms with Crippen molar-refractivity contribution in [1.29, 1.82) is 0 Å². The summed E-state index contributed by atoms with van der Waals surface area (Å²) in [7, 11) is 1.65. The minimum Gasteiger partial charge on any atom is -0.496 e. The van der Waals surface area contributed by atoms with Gasteiger partial charge in [-0.2, -0.15) is 0 Å². The van der Waals surface area contributed by atoms with E-state index in [2.05, 4.69) is 35.9 Å². The number of hydrogen-bond acceptors (Lipinski definition) is 4. The van der Waals surface area contributed by atoms with Crippen LogP contribution in [0.3, 0.4) is 0 Å². The number of aryl methyl sites for hydroxylation is 1. The van der Waals surface area contributed by atoms with E-state index in [0.717, 1.165) is 29.0 Å². The van der Waals surface area contributed by atoms with Gasteiger partial charge in [0.1, 0.15) is 5.75 Å². The van der Waals surface area contributed by atoms with Crippen LogP contribution in [0.2, 0.25) is 0 Å². The normalized spacial score (nSPS) is 16.6. The quantitative estimate of drug-likeness (QED) is 0.576. The van der Waals surface area contributed by atoms with E-state index >= 15 is 0 Å². The topological polar surface area (TPSA) is 50.7 Å². The molecule has 4 nitrogen and oxygen atoms in total. The van der Waals surface area contributed by atoms with Crippen LogP contribution >= 0.6 is 11.8 Å². The molecule has 1 aliphatic rings. The molecule has 1 heterocycles. The first-order valence-corrected chi connectivity index (χ1v) is 9.61. The third kappa shape index (κ3) is 4.68. The Bertz CT molecular complexity index is 914. The van der Waals surface area contributed by atoms with E-state index in [-0.39, 0.29) is 5.91 Å². The maximum absolute atomic E-state index is 12.3. The molecule has 0 bridgehead atoms. The molecular formula is C22H22N2O2S. The molecule has 0 saturated carbocycles. The van der Waals surface area contributed by atoms with Crippen molar-refractivity contribution in [3.63, 3.8) is 0 Å². The van der Waals surface area contributed by atoms with E-state index in [1.54, 1.807) is 7.11 Å². The predicted molar refractivity (Wildman–Crippen MR) is 114 cm³/mol. The zero-order valence-electron chi connectivity index (χ0n) is 15.5. The number of amidine groups is 1. The summed E-state index contributed by atoms with van der Waals surface area (Å²) >= 11 is 1.35. The van der Waals surface area contributed by atoms with Crippen molar-refractivity contribution in [3.05, 3.63) is 76.7 Å². The number of carbonyl (C=O) groups is 1. The molecule has 0 aromatic heterocycles. The van der Waals surface area contributed by atoms with Crippen molar-refractivity contribution >= 4 is 34.6 Å². The SMILES string of the molecule is C=CCc1cc(/C=C2\SC(=Nc3ccc(CC)cc3)NC2=O)ccc1OC. The predicted octanol–water partition coefficient (Wildman–Crippen LogP) is 4.88. The molecule has 2 aromatic rings. The van der Waals surface area contributed by atoms with E-state index in [1.165, 1.54) is 17.3 Å². The third-order valence-corrected chi connectivity index (χ3v) is 5.10. The number of rotatable bonds is 6. The maximum Gasteiger partial charge on any atom is 0.264 e. The molecule has 0 radical (unpaired) electrons. The number of carbonyl (C=O) groups excluding carboxylic acids is 1. The van der Waals surface area contributed by atoms with Crippen molar-refractivity contribution in [3.8, 4) is 5.75 Å². The Morgan fingerprint density at radius 1 is 1.22 bits per heavy atom. The molecule has 1 fully saturated rings. The Morgan fingerprint density at radius 3 is 2.67 bits per heavy atom. The molecule has 1 saturated heterocycles. The van der Waals surface area contributed by atoms with Gasteiger partial charge in [-0.05, 0) is 71.6 Å². The number of benzene rings is 2. The fraction of sp³-hybridized carbons (Fsp3) is 0.182. The van der Waals surface area contributed by atoms with Gasteiger partial charge in [0.2, 0.25) is 0 Å². The molecule has 2 aromatic carbocycles. The monoisotopic (exact) mass is 378 g/mol. The highest BCUT2D eigenvalue weighted by molar-refractivity contribution is 8.18. The van der Waals surface area contributed by atoms with Crippen molar-refractivity contribution < 1.29 is 9.53 Å². The fourth-order valence-electron chi connectivity index (χ4n) is 2.76. The summed E-state index contributed by atoms with van der Waals surface area (Å²) in [5.74, 6) is 0.684. The summed E-state index contributed by atoms with van der Waals surface area (Å²) in [6.07, 6.45) is 5.40. The van der Waals surface area contributed by atoms with Crippen LogP contribution in [0.25, 0.3) is 6.08 Å². The van der Waals surface area contributed by atoms with E-state index in [4.69, 9.17) is 4.74 Å². The van der Waals surface area contributed by atoms with Gasteiger partial charge in [0.05, 0.1) is 17.7 Å². The van der Waals surface area contributed by atoms with E-state index < -0.39 is 0 Å². The van der Waals surface area contributed by atoms with Crippen LogP contribution in [-0.2, 0) is 17.6 Å². The lowest BCUT2D eigenvalue weighted by Gasteiger charge is -2.07. The summed E-state index contributed by atoms with van der Waals surface area (Å²) in [6, 6.07) is 13.9. The average molecular weight is 378 g/mol. The molecule has 0 atom stereocenters. The molecule has 1 aliphatic heterocycles. The van der Waals surface area contributed by atoms with Crippen LogP contribution in [0.4, 0.5) is 5.69 Å². The van der Waals surface area contributed by atoms with Gasteiger partial charge < -0.3 is 10.1 Å². The van der Waals surface area contributed by atoms with Gasteiger partial charge in [-0.25, -0.2) is 4.99 Å². The average Bonchev–Trinajstić information content (AvgIpc) is 3.02.